The standard InChI is InChI=1S/C16H19N5O3/c1-10-5-14(22)12(7-19(10)2)16(23)20-4-3-15-13(8-20)21-11(9-24-15)6-17-18-21/h5-7,13,15H,3-4,8-9H2,1-2H3/t13-,15+/m0/s1. The zero-order valence-electron chi connectivity index (χ0n) is 13.7. The van der Waals surface area contributed by atoms with Gasteiger partial charge in [0.05, 0.1) is 30.6 Å². The maximum atomic E-state index is 12.8. The molecule has 1 fully saturated rings. The van der Waals surface area contributed by atoms with Gasteiger partial charge in [0.2, 0.25) is 0 Å². The molecule has 126 valence electrons. The highest BCUT2D eigenvalue weighted by Crippen LogP contribution is 2.30. The number of likely N-dealkylation sites (tertiary alicyclic amines) is 1. The molecule has 2 aromatic heterocycles. The molecule has 24 heavy (non-hydrogen) atoms. The van der Waals surface area contributed by atoms with E-state index in [9.17, 15) is 9.59 Å². The van der Waals surface area contributed by atoms with Gasteiger partial charge in [-0.2, -0.15) is 0 Å². The fraction of sp³-hybridized carbons (Fsp3) is 0.500. The summed E-state index contributed by atoms with van der Waals surface area (Å²) in [5, 5.41) is 8.07. The highest BCUT2D eigenvalue weighted by atomic mass is 16.5. The Labute approximate surface area is 138 Å². The summed E-state index contributed by atoms with van der Waals surface area (Å²) >= 11 is 0. The first-order chi connectivity index (χ1) is 11.5. The first kappa shape index (κ1) is 15.1. The van der Waals surface area contributed by atoms with Gasteiger partial charge >= 0.3 is 0 Å². The van der Waals surface area contributed by atoms with Gasteiger partial charge in [0, 0.05) is 38.1 Å². The zero-order chi connectivity index (χ0) is 16.8. The van der Waals surface area contributed by atoms with Crippen LogP contribution in [0.25, 0.3) is 0 Å². The van der Waals surface area contributed by atoms with Gasteiger partial charge in [-0.05, 0) is 13.3 Å². The van der Waals surface area contributed by atoms with Crippen LogP contribution in [0.15, 0.2) is 23.3 Å². The number of ether oxygens (including phenoxy) is 1. The largest absolute Gasteiger partial charge is 0.370 e. The highest BCUT2D eigenvalue weighted by molar-refractivity contribution is 5.94. The number of fused-ring (bicyclic) bond motifs is 3. The van der Waals surface area contributed by atoms with Gasteiger partial charge in [0.25, 0.3) is 5.91 Å². The van der Waals surface area contributed by atoms with Gasteiger partial charge in [-0.1, -0.05) is 5.21 Å². The van der Waals surface area contributed by atoms with Crippen molar-refractivity contribution in [3.8, 4) is 0 Å². The molecular formula is C16H19N5O3. The van der Waals surface area contributed by atoms with Crippen LogP contribution in [0.3, 0.4) is 0 Å². The highest BCUT2D eigenvalue weighted by Gasteiger charge is 2.38. The number of pyridine rings is 1. The van der Waals surface area contributed by atoms with Crippen LogP contribution >= 0.6 is 0 Å². The fourth-order valence-corrected chi connectivity index (χ4v) is 3.42. The Morgan fingerprint density at radius 2 is 2.25 bits per heavy atom. The maximum absolute atomic E-state index is 12.8. The van der Waals surface area contributed by atoms with Crippen LogP contribution in [-0.4, -0.2) is 49.6 Å². The van der Waals surface area contributed by atoms with Crippen molar-refractivity contribution >= 4 is 5.91 Å². The van der Waals surface area contributed by atoms with Crippen molar-refractivity contribution in [2.24, 2.45) is 7.05 Å². The third-order valence-corrected chi connectivity index (χ3v) is 4.93. The number of carbonyl (C=O) groups is 1. The molecule has 0 aromatic carbocycles. The van der Waals surface area contributed by atoms with E-state index >= 15 is 0 Å². The van der Waals surface area contributed by atoms with Crippen LogP contribution in [-0.2, 0) is 18.4 Å². The zero-order valence-corrected chi connectivity index (χ0v) is 13.7. The minimum atomic E-state index is -0.237. The molecule has 0 bridgehead atoms. The van der Waals surface area contributed by atoms with Crippen molar-refractivity contribution < 1.29 is 9.53 Å². The molecule has 0 saturated carbocycles. The Hall–Kier alpha value is -2.48. The van der Waals surface area contributed by atoms with Gasteiger partial charge in [-0.15, -0.1) is 5.10 Å². The molecular weight excluding hydrogens is 310 g/mol. The number of piperidine rings is 1. The number of amides is 1. The molecule has 8 nitrogen and oxygen atoms in total. The van der Waals surface area contributed by atoms with Gasteiger partial charge in [0.1, 0.15) is 5.56 Å². The van der Waals surface area contributed by atoms with Crippen LogP contribution < -0.4 is 5.43 Å². The smallest absolute Gasteiger partial charge is 0.259 e. The minimum absolute atomic E-state index is 0.0316. The van der Waals surface area contributed by atoms with E-state index in [4.69, 9.17) is 4.74 Å². The normalized spacial score (nSPS) is 22.8. The molecule has 2 aliphatic heterocycles. The van der Waals surface area contributed by atoms with E-state index in [1.165, 1.54) is 6.07 Å². The predicted molar refractivity (Wildman–Crippen MR) is 84.6 cm³/mol. The van der Waals surface area contributed by atoms with Crippen molar-refractivity contribution in [2.45, 2.75) is 32.1 Å². The fourth-order valence-electron chi connectivity index (χ4n) is 3.42. The summed E-state index contributed by atoms with van der Waals surface area (Å²) in [4.78, 5) is 26.8. The van der Waals surface area contributed by atoms with E-state index in [-0.39, 0.29) is 29.0 Å². The Bertz CT molecular complexity index is 856. The molecule has 0 aliphatic carbocycles. The molecule has 0 radical (unpaired) electrons. The third-order valence-electron chi connectivity index (χ3n) is 4.93. The molecule has 0 spiro atoms. The summed E-state index contributed by atoms with van der Waals surface area (Å²) in [5.41, 5.74) is 1.70. The molecule has 4 heterocycles. The van der Waals surface area contributed by atoms with Crippen molar-refractivity contribution in [2.75, 3.05) is 13.1 Å². The lowest BCUT2D eigenvalue weighted by Gasteiger charge is -2.40. The summed E-state index contributed by atoms with van der Waals surface area (Å²) in [6.45, 7) is 3.38. The Morgan fingerprint density at radius 3 is 3.08 bits per heavy atom. The van der Waals surface area contributed by atoms with Gasteiger partial charge in [-0.3, -0.25) is 9.59 Å². The second-order valence-electron chi connectivity index (χ2n) is 6.43. The van der Waals surface area contributed by atoms with Crippen LogP contribution in [0.1, 0.15) is 34.2 Å². The monoisotopic (exact) mass is 329 g/mol. The van der Waals surface area contributed by atoms with Crippen LogP contribution in [0.2, 0.25) is 0 Å². The van der Waals surface area contributed by atoms with Gasteiger partial charge in [0.15, 0.2) is 5.43 Å². The van der Waals surface area contributed by atoms with Crippen molar-refractivity contribution in [3.05, 3.63) is 45.6 Å². The van der Waals surface area contributed by atoms with Crippen LogP contribution in [0, 0.1) is 6.92 Å². The second-order valence-corrected chi connectivity index (χ2v) is 6.43. The van der Waals surface area contributed by atoms with Crippen molar-refractivity contribution in [1.29, 1.82) is 0 Å². The second kappa shape index (κ2) is 5.55. The number of aromatic nitrogens is 4. The maximum Gasteiger partial charge on any atom is 0.259 e. The Morgan fingerprint density at radius 1 is 1.42 bits per heavy atom. The predicted octanol–water partition coefficient (Wildman–Crippen LogP) is 0.271. The number of carbonyl (C=O) groups excluding carboxylic acids is 1. The summed E-state index contributed by atoms with van der Waals surface area (Å²) < 4.78 is 9.49. The molecule has 0 N–H and O–H groups in total. The first-order valence-corrected chi connectivity index (χ1v) is 8.02. The summed E-state index contributed by atoms with van der Waals surface area (Å²) in [7, 11) is 1.83. The third kappa shape index (κ3) is 2.34. The van der Waals surface area contributed by atoms with Gasteiger partial charge in [-0.25, -0.2) is 4.68 Å². The Balaban J connectivity index is 1.62. The molecule has 0 unspecified atom stereocenters. The van der Waals surface area contributed by atoms with E-state index in [1.54, 1.807) is 21.9 Å². The average Bonchev–Trinajstić information content (AvgIpc) is 3.06. The Kier molecular flexibility index (Phi) is 3.49. The molecule has 2 atom stereocenters. The number of aryl methyl sites for hydroxylation is 2. The van der Waals surface area contributed by atoms with Crippen LogP contribution in [0.5, 0.6) is 0 Å². The first-order valence-electron chi connectivity index (χ1n) is 8.02. The quantitative estimate of drug-likeness (QED) is 0.750. The topological polar surface area (TPSA) is 82.2 Å². The van der Waals surface area contributed by atoms with E-state index in [0.717, 1.165) is 17.8 Å². The molecule has 2 aromatic rings. The van der Waals surface area contributed by atoms with Crippen molar-refractivity contribution in [1.82, 2.24) is 24.5 Å². The molecule has 2 aliphatic rings. The minimum Gasteiger partial charge on any atom is -0.370 e. The SMILES string of the molecule is Cc1cc(=O)c(C(=O)N2CC[C@H]3OCc4cnnn4[C@H]3C2)cn1C. The van der Waals surface area contributed by atoms with E-state index in [2.05, 4.69) is 10.3 Å². The summed E-state index contributed by atoms with van der Waals surface area (Å²) in [5.74, 6) is -0.235. The lowest BCUT2D eigenvalue weighted by atomic mass is 9.99. The van der Waals surface area contributed by atoms with E-state index < -0.39 is 0 Å². The lowest BCUT2D eigenvalue weighted by Crippen LogP contribution is -2.50. The molecule has 1 saturated heterocycles. The number of hydrogen-bond donors (Lipinski definition) is 0. The van der Waals surface area contributed by atoms with E-state index in [1.807, 2.05) is 18.7 Å². The van der Waals surface area contributed by atoms with Gasteiger partial charge < -0.3 is 14.2 Å². The summed E-state index contributed by atoms with van der Waals surface area (Å²) in [6.07, 6.45) is 4.06. The number of hydrogen-bond acceptors (Lipinski definition) is 5. The molecule has 4 rings (SSSR count). The average molecular weight is 329 g/mol. The number of nitrogens with zero attached hydrogens (tertiary/aromatic N) is 5. The molecule has 1 amide bonds. The lowest BCUT2D eigenvalue weighted by molar-refractivity contribution is -0.0605. The van der Waals surface area contributed by atoms with Crippen molar-refractivity contribution in [3.63, 3.8) is 0 Å². The molecule has 8 heteroatoms. The van der Waals surface area contributed by atoms with E-state index in [0.29, 0.717) is 19.7 Å². The van der Waals surface area contributed by atoms with Crippen LogP contribution in [0.4, 0.5) is 0 Å². The number of rotatable bonds is 1. The summed E-state index contributed by atoms with van der Waals surface area (Å²) in [6, 6.07) is 1.45.